The number of hydrogen-bond donors (Lipinski definition) is 1. The average molecular weight is 460 g/mol. The second-order valence-electron chi connectivity index (χ2n) is 9.33. The summed E-state index contributed by atoms with van der Waals surface area (Å²) in [5.41, 5.74) is 0.920. The molecule has 3 rings (SSSR count). The molecule has 1 aliphatic heterocycles. The lowest BCUT2D eigenvalue weighted by Gasteiger charge is -2.39. The summed E-state index contributed by atoms with van der Waals surface area (Å²) in [5, 5.41) is 2.80. The summed E-state index contributed by atoms with van der Waals surface area (Å²) in [7, 11) is 3.37. The summed E-state index contributed by atoms with van der Waals surface area (Å²) in [4.78, 5) is 41.9. The molecular formula is C25H37N3O5. The molecule has 2 aliphatic rings. The fourth-order valence-electron chi connectivity index (χ4n) is 4.30. The molecule has 0 radical (unpaired) electrons. The van der Waals surface area contributed by atoms with Crippen LogP contribution in [0.1, 0.15) is 56.8 Å². The summed E-state index contributed by atoms with van der Waals surface area (Å²) in [6.07, 6.45) is 3.10. The minimum Gasteiger partial charge on any atom is -0.491 e. The fourth-order valence-corrected chi connectivity index (χ4v) is 4.30. The standard InChI is InChI=1S/C25H37N3O5/c1-6-23(29)26-19-10-11-21-20(12-19)25(31)27(4)14-22(32-5)16(2)13-28(17(3)15-33-21)24(30)18-8-7-9-18/h10-12,16-18,22H,6-9,13-15H2,1-5H3,(H,26,29)/t16-,17+,22+/m0/s1. The van der Waals surface area contributed by atoms with Gasteiger partial charge in [0.2, 0.25) is 11.8 Å². The van der Waals surface area contributed by atoms with Crippen LogP contribution in [0.4, 0.5) is 5.69 Å². The molecule has 8 heteroatoms. The molecule has 3 amide bonds. The van der Waals surface area contributed by atoms with E-state index in [1.807, 2.05) is 11.8 Å². The van der Waals surface area contributed by atoms with E-state index >= 15 is 0 Å². The Labute approximate surface area is 196 Å². The Kier molecular flexibility index (Phi) is 8.35. The molecule has 1 heterocycles. The Morgan fingerprint density at radius 3 is 2.55 bits per heavy atom. The molecule has 1 aromatic carbocycles. The highest BCUT2D eigenvalue weighted by Gasteiger charge is 2.35. The molecule has 0 bridgehead atoms. The van der Waals surface area contributed by atoms with Crippen molar-refractivity contribution >= 4 is 23.4 Å². The predicted octanol–water partition coefficient (Wildman–Crippen LogP) is 3.17. The maximum absolute atomic E-state index is 13.3. The van der Waals surface area contributed by atoms with Gasteiger partial charge < -0.3 is 24.6 Å². The molecule has 1 N–H and O–H groups in total. The summed E-state index contributed by atoms with van der Waals surface area (Å²) >= 11 is 0. The zero-order chi connectivity index (χ0) is 24.1. The number of nitrogens with zero attached hydrogens (tertiary/aromatic N) is 2. The summed E-state index contributed by atoms with van der Waals surface area (Å²) < 4.78 is 11.8. The van der Waals surface area contributed by atoms with Crippen molar-refractivity contribution in [3.8, 4) is 5.75 Å². The number of ether oxygens (including phenoxy) is 2. The quantitative estimate of drug-likeness (QED) is 0.747. The lowest BCUT2D eigenvalue weighted by molar-refractivity contribution is -0.142. The van der Waals surface area contributed by atoms with Crippen LogP contribution in [-0.4, -0.2) is 73.5 Å². The van der Waals surface area contributed by atoms with Gasteiger partial charge in [-0.15, -0.1) is 0 Å². The third-order valence-corrected chi connectivity index (χ3v) is 6.79. The number of carbonyl (C=O) groups excluding carboxylic acids is 3. The number of hydrogen-bond acceptors (Lipinski definition) is 5. The zero-order valence-electron chi connectivity index (χ0n) is 20.4. The number of benzene rings is 1. The van der Waals surface area contributed by atoms with Crippen LogP contribution in [0.25, 0.3) is 0 Å². The molecule has 1 aliphatic carbocycles. The lowest BCUT2D eigenvalue weighted by Crippen LogP contribution is -2.51. The van der Waals surface area contributed by atoms with Gasteiger partial charge in [0.1, 0.15) is 12.4 Å². The summed E-state index contributed by atoms with van der Waals surface area (Å²) in [6.45, 7) is 7.01. The minimum absolute atomic E-state index is 0.0331. The van der Waals surface area contributed by atoms with Crippen molar-refractivity contribution in [3.63, 3.8) is 0 Å². The Bertz CT molecular complexity index is 870. The lowest BCUT2D eigenvalue weighted by atomic mass is 9.83. The minimum atomic E-state index is -0.227. The molecule has 0 saturated heterocycles. The van der Waals surface area contributed by atoms with Gasteiger partial charge in [-0.2, -0.15) is 0 Å². The van der Waals surface area contributed by atoms with Crippen molar-refractivity contribution in [1.29, 1.82) is 0 Å². The first-order chi connectivity index (χ1) is 15.7. The van der Waals surface area contributed by atoms with Crippen molar-refractivity contribution in [2.75, 3.05) is 39.2 Å². The van der Waals surface area contributed by atoms with E-state index in [1.54, 1.807) is 44.2 Å². The summed E-state index contributed by atoms with van der Waals surface area (Å²) in [5.74, 6) is 0.408. The maximum atomic E-state index is 13.3. The van der Waals surface area contributed by atoms with Crippen LogP contribution >= 0.6 is 0 Å². The average Bonchev–Trinajstić information content (AvgIpc) is 2.76. The highest BCUT2D eigenvalue weighted by molar-refractivity contribution is 5.99. The first-order valence-corrected chi connectivity index (χ1v) is 11.9. The summed E-state index contributed by atoms with van der Waals surface area (Å²) in [6, 6.07) is 4.94. The Morgan fingerprint density at radius 2 is 1.94 bits per heavy atom. The Balaban J connectivity index is 1.94. The van der Waals surface area contributed by atoms with Gasteiger partial charge in [-0.05, 0) is 38.0 Å². The van der Waals surface area contributed by atoms with Crippen LogP contribution in [0, 0.1) is 11.8 Å². The first kappa shape index (κ1) is 25.0. The van der Waals surface area contributed by atoms with Crippen LogP contribution in [0.3, 0.4) is 0 Å². The van der Waals surface area contributed by atoms with Gasteiger partial charge in [-0.25, -0.2) is 0 Å². The van der Waals surface area contributed by atoms with Crippen LogP contribution in [0.15, 0.2) is 18.2 Å². The maximum Gasteiger partial charge on any atom is 0.257 e. The number of amides is 3. The van der Waals surface area contributed by atoms with Crippen LogP contribution in [0.2, 0.25) is 0 Å². The van der Waals surface area contributed by atoms with E-state index in [9.17, 15) is 14.4 Å². The Morgan fingerprint density at radius 1 is 1.21 bits per heavy atom. The molecule has 1 fully saturated rings. The predicted molar refractivity (Wildman–Crippen MR) is 126 cm³/mol. The number of anilines is 1. The fraction of sp³-hybridized carbons (Fsp3) is 0.640. The Hall–Kier alpha value is -2.61. The van der Waals surface area contributed by atoms with Gasteiger partial charge in [-0.1, -0.05) is 20.3 Å². The normalized spacial score (nSPS) is 24.6. The SMILES string of the molecule is CCC(=O)Nc1ccc2c(c1)C(=O)N(C)C[C@@H](OC)[C@@H](C)CN(C(=O)C1CCC1)[C@H](C)CO2. The van der Waals surface area contributed by atoms with E-state index in [0.717, 1.165) is 19.3 Å². The van der Waals surface area contributed by atoms with Gasteiger partial charge in [0.25, 0.3) is 5.91 Å². The number of likely N-dealkylation sites (N-methyl/N-ethyl adjacent to an activating group) is 1. The van der Waals surface area contributed by atoms with E-state index in [2.05, 4.69) is 12.2 Å². The molecule has 0 spiro atoms. The molecular weight excluding hydrogens is 422 g/mol. The van der Waals surface area contributed by atoms with E-state index in [1.165, 1.54) is 0 Å². The first-order valence-electron chi connectivity index (χ1n) is 11.9. The van der Waals surface area contributed by atoms with Crippen LogP contribution in [0.5, 0.6) is 5.75 Å². The molecule has 0 unspecified atom stereocenters. The third-order valence-electron chi connectivity index (χ3n) is 6.79. The number of methoxy groups -OCH3 is 1. The van der Waals surface area contributed by atoms with Crippen molar-refractivity contribution < 1.29 is 23.9 Å². The topological polar surface area (TPSA) is 88.2 Å². The molecule has 33 heavy (non-hydrogen) atoms. The molecule has 1 saturated carbocycles. The monoisotopic (exact) mass is 459 g/mol. The third kappa shape index (κ3) is 5.85. The van der Waals surface area contributed by atoms with E-state index < -0.39 is 0 Å². The largest absolute Gasteiger partial charge is 0.491 e. The number of carbonyl (C=O) groups is 3. The number of rotatable bonds is 4. The van der Waals surface area contributed by atoms with Crippen molar-refractivity contribution in [2.45, 2.75) is 58.6 Å². The molecule has 8 nitrogen and oxygen atoms in total. The highest BCUT2D eigenvalue weighted by atomic mass is 16.5. The van der Waals surface area contributed by atoms with Crippen molar-refractivity contribution in [1.82, 2.24) is 9.80 Å². The molecule has 3 atom stereocenters. The molecule has 182 valence electrons. The van der Waals surface area contributed by atoms with Crippen molar-refractivity contribution in [3.05, 3.63) is 23.8 Å². The number of fused-ring (bicyclic) bond motifs is 1. The second-order valence-corrected chi connectivity index (χ2v) is 9.33. The number of nitrogens with one attached hydrogen (secondary N) is 1. The van der Waals surface area contributed by atoms with E-state index in [4.69, 9.17) is 9.47 Å². The van der Waals surface area contributed by atoms with Gasteiger partial charge >= 0.3 is 0 Å². The van der Waals surface area contributed by atoms with Gasteiger partial charge in [-0.3, -0.25) is 14.4 Å². The molecule has 1 aromatic rings. The van der Waals surface area contributed by atoms with Crippen LogP contribution in [-0.2, 0) is 14.3 Å². The van der Waals surface area contributed by atoms with Gasteiger partial charge in [0.05, 0.1) is 17.7 Å². The second kappa shape index (κ2) is 11.0. The van der Waals surface area contributed by atoms with Gasteiger partial charge in [0, 0.05) is 51.2 Å². The van der Waals surface area contributed by atoms with Crippen LogP contribution < -0.4 is 10.1 Å². The van der Waals surface area contributed by atoms with E-state index in [0.29, 0.717) is 36.5 Å². The molecule has 0 aromatic heterocycles. The van der Waals surface area contributed by atoms with Gasteiger partial charge in [0.15, 0.2) is 0 Å². The zero-order valence-corrected chi connectivity index (χ0v) is 20.4. The smallest absolute Gasteiger partial charge is 0.257 e. The van der Waals surface area contributed by atoms with E-state index in [-0.39, 0.29) is 48.3 Å². The van der Waals surface area contributed by atoms with Crippen molar-refractivity contribution in [2.24, 2.45) is 11.8 Å². The highest BCUT2D eigenvalue weighted by Crippen LogP contribution is 2.31.